The van der Waals surface area contributed by atoms with Crippen molar-refractivity contribution in [2.45, 2.75) is 32.4 Å². The molecular formula is C22H25ClN4O. The Labute approximate surface area is 170 Å². The Morgan fingerprint density at radius 1 is 1.14 bits per heavy atom. The summed E-state index contributed by atoms with van der Waals surface area (Å²) in [5.41, 5.74) is 8.68. The largest absolute Gasteiger partial charge is 0.350 e. The first kappa shape index (κ1) is 20.1. The van der Waals surface area contributed by atoms with E-state index < -0.39 is 0 Å². The summed E-state index contributed by atoms with van der Waals surface area (Å²) in [6, 6.07) is 16.8. The van der Waals surface area contributed by atoms with Crippen LogP contribution in [0.25, 0.3) is 11.3 Å². The molecule has 5 nitrogen and oxygen atoms in total. The number of hydrogen-bond acceptors (Lipinski definition) is 3. The Kier molecular flexibility index (Phi) is 5.87. The number of carbonyl (C=O) groups is 1. The normalized spacial score (nSPS) is 12.6. The smallest absolute Gasteiger partial charge is 0.255 e. The topological polar surface area (TPSA) is 72.9 Å². The van der Waals surface area contributed by atoms with Crippen molar-refractivity contribution in [2.75, 3.05) is 6.54 Å². The Balaban J connectivity index is 1.88. The Hall–Kier alpha value is -2.63. The van der Waals surface area contributed by atoms with Crippen LogP contribution in [0.3, 0.4) is 0 Å². The molecule has 1 aromatic heterocycles. The number of carbonyl (C=O) groups excluding carboxylic acids is 1. The molecular weight excluding hydrogens is 372 g/mol. The molecule has 0 saturated heterocycles. The van der Waals surface area contributed by atoms with E-state index in [9.17, 15) is 4.79 Å². The number of nitrogens with zero attached hydrogens (tertiary/aromatic N) is 2. The highest BCUT2D eigenvalue weighted by atomic mass is 35.5. The zero-order valence-corrected chi connectivity index (χ0v) is 17.1. The monoisotopic (exact) mass is 396 g/mol. The van der Waals surface area contributed by atoms with Crippen molar-refractivity contribution in [2.24, 2.45) is 5.73 Å². The molecule has 0 bridgehead atoms. The molecule has 0 radical (unpaired) electrons. The standard InChI is InChI=1S/C22H25ClN4O/c1-22(2,3)27-14-17(20(26-27)16-11-7-8-12-18(16)23)21(28)25-13-19(24)15-9-5-4-6-10-15/h4-12,14,19H,13,24H2,1-3H3,(H,25,28). The number of nitrogens with two attached hydrogens (primary N) is 1. The van der Waals surface area contributed by atoms with E-state index in [2.05, 4.69) is 10.4 Å². The van der Waals surface area contributed by atoms with E-state index in [0.717, 1.165) is 11.1 Å². The third kappa shape index (κ3) is 4.43. The summed E-state index contributed by atoms with van der Waals surface area (Å²) in [7, 11) is 0. The minimum atomic E-state index is -0.286. The van der Waals surface area contributed by atoms with E-state index in [4.69, 9.17) is 17.3 Å². The second-order valence-corrected chi connectivity index (χ2v) is 8.12. The van der Waals surface area contributed by atoms with Crippen LogP contribution in [0.4, 0.5) is 0 Å². The summed E-state index contributed by atoms with van der Waals surface area (Å²) in [6.45, 7) is 6.42. The Morgan fingerprint density at radius 2 is 1.79 bits per heavy atom. The van der Waals surface area contributed by atoms with E-state index >= 15 is 0 Å². The van der Waals surface area contributed by atoms with E-state index in [1.807, 2.05) is 69.3 Å². The molecule has 0 saturated carbocycles. The minimum Gasteiger partial charge on any atom is -0.350 e. The van der Waals surface area contributed by atoms with Crippen LogP contribution in [0.5, 0.6) is 0 Å². The molecule has 6 heteroatoms. The molecule has 28 heavy (non-hydrogen) atoms. The van der Waals surface area contributed by atoms with Crippen molar-refractivity contribution < 1.29 is 4.79 Å². The molecule has 3 aromatic rings. The molecule has 0 spiro atoms. The second kappa shape index (κ2) is 8.17. The van der Waals surface area contributed by atoms with Crippen molar-refractivity contribution in [1.82, 2.24) is 15.1 Å². The number of benzene rings is 2. The molecule has 0 aliphatic rings. The number of amides is 1. The SMILES string of the molecule is CC(C)(C)n1cc(C(=O)NCC(N)c2ccccc2)c(-c2ccccc2Cl)n1. The highest BCUT2D eigenvalue weighted by Gasteiger charge is 2.24. The highest BCUT2D eigenvalue weighted by Crippen LogP contribution is 2.30. The van der Waals surface area contributed by atoms with Crippen molar-refractivity contribution in [1.29, 1.82) is 0 Å². The van der Waals surface area contributed by atoms with Crippen molar-refractivity contribution >= 4 is 17.5 Å². The lowest BCUT2D eigenvalue weighted by atomic mass is 10.1. The molecule has 1 heterocycles. The fourth-order valence-corrected chi connectivity index (χ4v) is 3.08. The maximum Gasteiger partial charge on any atom is 0.255 e. The fraction of sp³-hybridized carbons (Fsp3) is 0.273. The van der Waals surface area contributed by atoms with Gasteiger partial charge in [0.15, 0.2) is 0 Å². The van der Waals surface area contributed by atoms with E-state index in [1.54, 1.807) is 16.9 Å². The molecule has 3 rings (SSSR count). The molecule has 0 fully saturated rings. The average Bonchev–Trinajstić information content (AvgIpc) is 3.12. The Morgan fingerprint density at radius 3 is 2.43 bits per heavy atom. The maximum atomic E-state index is 13.0. The van der Waals surface area contributed by atoms with Crippen LogP contribution in [0.2, 0.25) is 5.02 Å². The van der Waals surface area contributed by atoms with Gasteiger partial charge in [0.1, 0.15) is 5.69 Å². The van der Waals surface area contributed by atoms with Gasteiger partial charge in [0.05, 0.1) is 16.1 Å². The van der Waals surface area contributed by atoms with E-state index in [-0.39, 0.29) is 17.5 Å². The third-order valence-electron chi connectivity index (χ3n) is 4.49. The predicted molar refractivity (Wildman–Crippen MR) is 113 cm³/mol. The maximum absolute atomic E-state index is 13.0. The lowest BCUT2D eigenvalue weighted by Gasteiger charge is -2.18. The van der Waals surface area contributed by atoms with Gasteiger partial charge in [-0.25, -0.2) is 0 Å². The number of aromatic nitrogens is 2. The van der Waals surface area contributed by atoms with Gasteiger partial charge >= 0.3 is 0 Å². The molecule has 1 amide bonds. The summed E-state index contributed by atoms with van der Waals surface area (Å²) in [4.78, 5) is 13.0. The van der Waals surface area contributed by atoms with Gasteiger partial charge in [0, 0.05) is 24.3 Å². The first-order valence-corrected chi connectivity index (χ1v) is 9.59. The highest BCUT2D eigenvalue weighted by molar-refractivity contribution is 6.33. The van der Waals surface area contributed by atoms with Crippen molar-refractivity contribution in [3.8, 4) is 11.3 Å². The molecule has 0 aliphatic heterocycles. The van der Waals surface area contributed by atoms with Crippen LogP contribution in [0.1, 0.15) is 42.7 Å². The van der Waals surface area contributed by atoms with Crippen molar-refractivity contribution in [3.05, 3.63) is 76.9 Å². The van der Waals surface area contributed by atoms with Crippen LogP contribution in [-0.2, 0) is 5.54 Å². The van der Waals surface area contributed by atoms with Crippen LogP contribution in [-0.4, -0.2) is 22.2 Å². The van der Waals surface area contributed by atoms with E-state index in [1.165, 1.54) is 0 Å². The summed E-state index contributed by atoms with van der Waals surface area (Å²) in [5, 5.41) is 8.14. The van der Waals surface area contributed by atoms with Crippen LogP contribution < -0.4 is 11.1 Å². The molecule has 3 N–H and O–H groups in total. The summed E-state index contributed by atoms with van der Waals surface area (Å²) in [6.07, 6.45) is 1.77. The van der Waals surface area contributed by atoms with Gasteiger partial charge in [-0.1, -0.05) is 60.1 Å². The zero-order valence-electron chi connectivity index (χ0n) is 16.3. The second-order valence-electron chi connectivity index (χ2n) is 7.71. The average molecular weight is 397 g/mol. The van der Waals surface area contributed by atoms with Gasteiger partial charge in [-0.05, 0) is 32.4 Å². The molecule has 1 atom stereocenters. The van der Waals surface area contributed by atoms with Crippen LogP contribution >= 0.6 is 11.6 Å². The van der Waals surface area contributed by atoms with Crippen LogP contribution in [0, 0.1) is 0 Å². The van der Waals surface area contributed by atoms with Crippen molar-refractivity contribution in [3.63, 3.8) is 0 Å². The van der Waals surface area contributed by atoms with Gasteiger partial charge in [-0.3, -0.25) is 9.48 Å². The van der Waals surface area contributed by atoms with Gasteiger partial charge in [-0.15, -0.1) is 0 Å². The summed E-state index contributed by atoms with van der Waals surface area (Å²) in [5.74, 6) is -0.225. The quantitative estimate of drug-likeness (QED) is 0.671. The minimum absolute atomic E-state index is 0.225. The predicted octanol–water partition coefficient (Wildman–Crippen LogP) is 4.39. The van der Waals surface area contributed by atoms with Gasteiger partial charge < -0.3 is 11.1 Å². The molecule has 146 valence electrons. The first-order valence-electron chi connectivity index (χ1n) is 9.21. The number of hydrogen-bond donors (Lipinski definition) is 2. The summed E-state index contributed by atoms with van der Waals surface area (Å²) < 4.78 is 1.79. The van der Waals surface area contributed by atoms with Gasteiger partial charge in [-0.2, -0.15) is 5.10 Å². The third-order valence-corrected chi connectivity index (χ3v) is 4.81. The zero-order chi connectivity index (χ0) is 20.3. The lowest BCUT2D eigenvalue weighted by molar-refractivity contribution is 0.0951. The Bertz CT molecular complexity index is 960. The number of halogens is 1. The summed E-state index contributed by atoms with van der Waals surface area (Å²) >= 11 is 6.37. The van der Waals surface area contributed by atoms with Gasteiger partial charge in [0.2, 0.25) is 0 Å². The van der Waals surface area contributed by atoms with E-state index in [0.29, 0.717) is 22.8 Å². The molecule has 2 aromatic carbocycles. The number of nitrogens with one attached hydrogen (secondary N) is 1. The van der Waals surface area contributed by atoms with Crippen LogP contribution in [0.15, 0.2) is 60.8 Å². The molecule has 1 unspecified atom stereocenters. The number of rotatable bonds is 5. The fourth-order valence-electron chi connectivity index (χ4n) is 2.85. The molecule has 0 aliphatic carbocycles. The lowest BCUT2D eigenvalue weighted by Crippen LogP contribution is -2.32. The van der Waals surface area contributed by atoms with Gasteiger partial charge in [0.25, 0.3) is 5.91 Å². The first-order chi connectivity index (χ1) is 13.3.